The van der Waals surface area contributed by atoms with Gasteiger partial charge in [0.2, 0.25) is 0 Å². The van der Waals surface area contributed by atoms with Crippen LogP contribution in [0.3, 0.4) is 0 Å². The van der Waals surface area contributed by atoms with Crippen LogP contribution in [0.4, 0.5) is 0 Å². The van der Waals surface area contributed by atoms with Gasteiger partial charge in [-0.05, 0) is 18.6 Å². The van der Waals surface area contributed by atoms with Crippen LogP contribution in [0.1, 0.15) is 11.1 Å². The molecule has 3 heteroatoms. The van der Waals surface area contributed by atoms with E-state index in [-0.39, 0.29) is 12.2 Å². The Morgan fingerprint density at radius 3 is 2.90 bits per heavy atom. The van der Waals surface area contributed by atoms with Gasteiger partial charge in [-0.15, -0.1) is 0 Å². The predicted molar refractivity (Wildman–Crippen MR) is 37.7 cm³/mol. The van der Waals surface area contributed by atoms with Crippen molar-refractivity contribution < 1.29 is 5.11 Å². The van der Waals surface area contributed by atoms with Crippen LogP contribution in [0.15, 0.2) is 17.1 Å². The zero-order chi connectivity index (χ0) is 7.56. The molecule has 1 aromatic rings. The average molecular weight is 139 g/mol. The summed E-state index contributed by atoms with van der Waals surface area (Å²) in [5.74, 6) is 0. The molecule has 0 unspecified atom stereocenters. The van der Waals surface area contributed by atoms with E-state index in [0.717, 1.165) is 5.56 Å². The smallest absolute Gasteiger partial charge is 0.253 e. The van der Waals surface area contributed by atoms with Crippen LogP contribution in [0.2, 0.25) is 0 Å². The fraction of sp³-hybridized carbons (Fsp3) is 0.286. The molecule has 0 aliphatic heterocycles. The van der Waals surface area contributed by atoms with Gasteiger partial charge in [-0.2, -0.15) is 0 Å². The Bertz CT molecular complexity index is 277. The van der Waals surface area contributed by atoms with E-state index in [1.54, 1.807) is 12.3 Å². The van der Waals surface area contributed by atoms with Gasteiger partial charge in [0.1, 0.15) is 0 Å². The number of pyridine rings is 1. The highest BCUT2D eigenvalue weighted by molar-refractivity contribution is 5.15. The Morgan fingerprint density at radius 2 is 2.40 bits per heavy atom. The van der Waals surface area contributed by atoms with Crippen molar-refractivity contribution in [1.82, 2.24) is 4.98 Å². The van der Waals surface area contributed by atoms with E-state index in [1.807, 2.05) is 6.92 Å². The average Bonchev–Trinajstić information content (AvgIpc) is 1.94. The molecule has 2 N–H and O–H groups in total. The van der Waals surface area contributed by atoms with Crippen molar-refractivity contribution in [3.8, 4) is 0 Å². The molecule has 0 aliphatic rings. The first kappa shape index (κ1) is 7.02. The maximum atomic E-state index is 10.8. The number of hydrogen-bond acceptors (Lipinski definition) is 2. The lowest BCUT2D eigenvalue weighted by Crippen LogP contribution is -2.11. The number of aliphatic hydroxyl groups is 1. The molecule has 0 saturated carbocycles. The molecule has 54 valence electrons. The Kier molecular flexibility index (Phi) is 1.87. The maximum absolute atomic E-state index is 10.8. The van der Waals surface area contributed by atoms with Crippen molar-refractivity contribution in [2.45, 2.75) is 13.5 Å². The lowest BCUT2D eigenvalue weighted by Gasteiger charge is -1.94. The van der Waals surface area contributed by atoms with E-state index < -0.39 is 0 Å². The van der Waals surface area contributed by atoms with Gasteiger partial charge >= 0.3 is 0 Å². The Balaban J connectivity index is 3.22. The van der Waals surface area contributed by atoms with Gasteiger partial charge in [0.05, 0.1) is 6.61 Å². The van der Waals surface area contributed by atoms with Gasteiger partial charge < -0.3 is 10.1 Å². The normalized spacial score (nSPS) is 9.80. The summed E-state index contributed by atoms with van der Waals surface area (Å²) >= 11 is 0. The first-order chi connectivity index (χ1) is 4.74. The summed E-state index contributed by atoms with van der Waals surface area (Å²) in [6.45, 7) is 1.66. The Hall–Kier alpha value is -1.09. The van der Waals surface area contributed by atoms with E-state index in [2.05, 4.69) is 4.98 Å². The van der Waals surface area contributed by atoms with E-state index >= 15 is 0 Å². The van der Waals surface area contributed by atoms with Crippen molar-refractivity contribution in [2.24, 2.45) is 0 Å². The molecule has 1 rings (SSSR count). The van der Waals surface area contributed by atoms with E-state index in [9.17, 15) is 4.79 Å². The lowest BCUT2D eigenvalue weighted by atomic mass is 10.2. The highest BCUT2D eigenvalue weighted by Crippen LogP contribution is 1.94. The largest absolute Gasteiger partial charge is 0.391 e. The first-order valence-corrected chi connectivity index (χ1v) is 3.03. The van der Waals surface area contributed by atoms with Crippen LogP contribution >= 0.6 is 0 Å². The zero-order valence-electron chi connectivity index (χ0n) is 5.72. The van der Waals surface area contributed by atoms with Crippen molar-refractivity contribution in [1.29, 1.82) is 0 Å². The number of aromatic amines is 1. The van der Waals surface area contributed by atoms with Crippen LogP contribution in [0.25, 0.3) is 0 Å². The standard InChI is InChI=1S/C7H9NO2/c1-5-2-6(4-9)7(10)8-3-5/h2-3,9H,4H2,1H3,(H,8,10). The minimum absolute atomic E-state index is 0.197. The quantitative estimate of drug-likeness (QED) is 0.583. The molecule has 0 radical (unpaired) electrons. The molecule has 10 heavy (non-hydrogen) atoms. The third kappa shape index (κ3) is 1.25. The molecule has 0 fully saturated rings. The molecule has 3 nitrogen and oxygen atoms in total. The van der Waals surface area contributed by atoms with Gasteiger partial charge in [-0.1, -0.05) is 0 Å². The van der Waals surface area contributed by atoms with E-state index in [1.165, 1.54) is 0 Å². The molecule has 0 aliphatic carbocycles. The maximum Gasteiger partial charge on any atom is 0.253 e. The Labute approximate surface area is 58.3 Å². The number of aliphatic hydroxyl groups excluding tert-OH is 1. The SMILES string of the molecule is Cc1c[nH]c(=O)c(CO)c1. The topological polar surface area (TPSA) is 53.1 Å². The van der Waals surface area contributed by atoms with Crippen LogP contribution in [-0.4, -0.2) is 10.1 Å². The van der Waals surface area contributed by atoms with Crippen molar-refractivity contribution in [2.75, 3.05) is 0 Å². The summed E-state index contributed by atoms with van der Waals surface area (Å²) in [7, 11) is 0. The highest BCUT2D eigenvalue weighted by Gasteiger charge is 1.95. The van der Waals surface area contributed by atoms with Gasteiger partial charge in [0.25, 0.3) is 5.56 Å². The number of aryl methyl sites for hydroxylation is 1. The predicted octanol–water partition coefficient (Wildman–Crippen LogP) is 0.176. The minimum Gasteiger partial charge on any atom is -0.391 e. The third-order valence-corrected chi connectivity index (χ3v) is 1.29. The number of rotatable bonds is 1. The summed E-state index contributed by atoms with van der Waals surface area (Å²) in [4.78, 5) is 13.3. The summed E-state index contributed by atoms with van der Waals surface area (Å²) in [5, 5.41) is 8.62. The van der Waals surface area contributed by atoms with Gasteiger partial charge in [0, 0.05) is 11.8 Å². The molecular formula is C7H9NO2. The highest BCUT2D eigenvalue weighted by atomic mass is 16.3. The lowest BCUT2D eigenvalue weighted by molar-refractivity contribution is 0.280. The summed E-state index contributed by atoms with van der Waals surface area (Å²) in [6, 6.07) is 1.67. The molecule has 0 atom stereocenters. The number of nitrogens with one attached hydrogen (secondary N) is 1. The molecule has 0 spiro atoms. The summed E-state index contributed by atoms with van der Waals surface area (Å²) in [6.07, 6.45) is 1.61. The summed E-state index contributed by atoms with van der Waals surface area (Å²) < 4.78 is 0. The fourth-order valence-electron chi connectivity index (χ4n) is 0.772. The van der Waals surface area contributed by atoms with E-state index in [4.69, 9.17) is 5.11 Å². The second kappa shape index (κ2) is 2.66. The van der Waals surface area contributed by atoms with Crippen molar-refractivity contribution >= 4 is 0 Å². The second-order valence-electron chi connectivity index (χ2n) is 2.19. The number of hydrogen-bond donors (Lipinski definition) is 2. The molecule has 1 heterocycles. The fourth-order valence-corrected chi connectivity index (χ4v) is 0.772. The zero-order valence-corrected chi connectivity index (χ0v) is 5.72. The summed E-state index contributed by atoms with van der Waals surface area (Å²) in [5.41, 5.74) is 1.15. The minimum atomic E-state index is -0.215. The molecule has 0 amide bonds. The second-order valence-corrected chi connectivity index (χ2v) is 2.19. The van der Waals surface area contributed by atoms with Gasteiger partial charge in [0.15, 0.2) is 0 Å². The Morgan fingerprint density at radius 1 is 1.70 bits per heavy atom. The number of H-pyrrole nitrogens is 1. The molecule has 0 bridgehead atoms. The van der Waals surface area contributed by atoms with Crippen LogP contribution < -0.4 is 5.56 Å². The first-order valence-electron chi connectivity index (χ1n) is 3.03. The van der Waals surface area contributed by atoms with Crippen molar-refractivity contribution in [3.63, 3.8) is 0 Å². The number of aromatic nitrogens is 1. The van der Waals surface area contributed by atoms with Gasteiger partial charge in [-0.3, -0.25) is 4.79 Å². The molecule has 0 saturated heterocycles. The van der Waals surface area contributed by atoms with Crippen LogP contribution in [0.5, 0.6) is 0 Å². The monoisotopic (exact) mass is 139 g/mol. The van der Waals surface area contributed by atoms with E-state index in [0.29, 0.717) is 5.56 Å². The van der Waals surface area contributed by atoms with Crippen molar-refractivity contribution in [3.05, 3.63) is 33.7 Å². The molecular weight excluding hydrogens is 130 g/mol. The molecule has 1 aromatic heterocycles. The van der Waals surface area contributed by atoms with Crippen LogP contribution in [0, 0.1) is 6.92 Å². The van der Waals surface area contributed by atoms with Crippen LogP contribution in [-0.2, 0) is 6.61 Å². The van der Waals surface area contributed by atoms with Gasteiger partial charge in [-0.25, -0.2) is 0 Å². The molecule has 0 aromatic carbocycles. The third-order valence-electron chi connectivity index (χ3n) is 1.29.